The SMILES string of the molecule is ClC1CCCCC1Cc1cncc(Br)c1. The van der Waals surface area contributed by atoms with E-state index in [1.54, 1.807) is 0 Å². The molecule has 2 atom stereocenters. The zero-order chi connectivity index (χ0) is 10.7. The Kier molecular flexibility index (Phi) is 4.04. The smallest absolute Gasteiger partial charge is 0.0410 e. The first-order chi connectivity index (χ1) is 7.25. The van der Waals surface area contributed by atoms with Gasteiger partial charge in [0.15, 0.2) is 0 Å². The van der Waals surface area contributed by atoms with Gasteiger partial charge in [-0.1, -0.05) is 12.8 Å². The second-order valence-electron chi connectivity index (χ2n) is 4.28. The van der Waals surface area contributed by atoms with E-state index in [0.29, 0.717) is 11.3 Å². The van der Waals surface area contributed by atoms with Gasteiger partial charge in [-0.15, -0.1) is 11.6 Å². The lowest BCUT2D eigenvalue weighted by Gasteiger charge is -2.26. The summed E-state index contributed by atoms with van der Waals surface area (Å²) in [6.07, 6.45) is 9.90. The fourth-order valence-electron chi connectivity index (χ4n) is 2.26. The molecule has 0 saturated heterocycles. The summed E-state index contributed by atoms with van der Waals surface area (Å²) in [7, 11) is 0. The predicted molar refractivity (Wildman–Crippen MR) is 67.2 cm³/mol. The first-order valence-electron chi connectivity index (χ1n) is 5.49. The maximum absolute atomic E-state index is 6.34. The third-order valence-corrected chi connectivity index (χ3v) is 4.08. The van der Waals surface area contributed by atoms with Crippen LogP contribution in [-0.4, -0.2) is 10.4 Å². The Morgan fingerprint density at radius 1 is 1.33 bits per heavy atom. The molecule has 2 unspecified atom stereocenters. The third kappa shape index (κ3) is 3.18. The molecule has 0 amide bonds. The fourth-order valence-corrected chi connectivity index (χ4v) is 3.04. The molecule has 1 fully saturated rings. The monoisotopic (exact) mass is 287 g/mol. The third-order valence-electron chi connectivity index (χ3n) is 3.08. The Balaban J connectivity index is 2.01. The maximum atomic E-state index is 6.34. The van der Waals surface area contributed by atoms with Crippen molar-refractivity contribution >= 4 is 27.5 Å². The van der Waals surface area contributed by atoms with Gasteiger partial charge >= 0.3 is 0 Å². The highest BCUT2D eigenvalue weighted by molar-refractivity contribution is 9.10. The molecule has 1 saturated carbocycles. The van der Waals surface area contributed by atoms with Gasteiger partial charge in [-0.2, -0.15) is 0 Å². The van der Waals surface area contributed by atoms with Gasteiger partial charge < -0.3 is 0 Å². The number of hydrogen-bond donors (Lipinski definition) is 0. The molecule has 1 aromatic heterocycles. The van der Waals surface area contributed by atoms with Crippen molar-refractivity contribution < 1.29 is 0 Å². The zero-order valence-corrected chi connectivity index (χ0v) is 11.0. The van der Waals surface area contributed by atoms with Gasteiger partial charge in [-0.25, -0.2) is 0 Å². The van der Waals surface area contributed by atoms with Crippen LogP contribution in [0.15, 0.2) is 22.9 Å². The van der Waals surface area contributed by atoms with Crippen LogP contribution in [0.2, 0.25) is 0 Å². The van der Waals surface area contributed by atoms with Crippen LogP contribution in [0, 0.1) is 5.92 Å². The number of nitrogens with zero attached hydrogens (tertiary/aromatic N) is 1. The number of hydrogen-bond acceptors (Lipinski definition) is 1. The van der Waals surface area contributed by atoms with Crippen molar-refractivity contribution in [2.75, 3.05) is 0 Å². The molecule has 1 nitrogen and oxygen atoms in total. The van der Waals surface area contributed by atoms with Crippen LogP contribution in [0.5, 0.6) is 0 Å². The van der Waals surface area contributed by atoms with Gasteiger partial charge in [0.1, 0.15) is 0 Å². The van der Waals surface area contributed by atoms with Crippen LogP contribution in [0.4, 0.5) is 0 Å². The highest BCUT2D eigenvalue weighted by Crippen LogP contribution is 2.31. The second kappa shape index (κ2) is 5.31. The number of halogens is 2. The number of aromatic nitrogens is 1. The minimum Gasteiger partial charge on any atom is -0.263 e. The molecule has 0 spiro atoms. The highest BCUT2D eigenvalue weighted by Gasteiger charge is 2.23. The molecule has 0 aliphatic heterocycles. The summed E-state index contributed by atoms with van der Waals surface area (Å²) in [6, 6.07) is 2.14. The molecule has 1 aliphatic rings. The van der Waals surface area contributed by atoms with Crippen molar-refractivity contribution in [1.82, 2.24) is 4.98 Å². The average Bonchev–Trinajstić information content (AvgIpc) is 2.22. The summed E-state index contributed by atoms with van der Waals surface area (Å²) in [4.78, 5) is 4.18. The van der Waals surface area contributed by atoms with Crippen molar-refractivity contribution in [3.63, 3.8) is 0 Å². The molecule has 1 aliphatic carbocycles. The van der Waals surface area contributed by atoms with Crippen molar-refractivity contribution in [3.8, 4) is 0 Å². The quantitative estimate of drug-likeness (QED) is 0.744. The van der Waals surface area contributed by atoms with Crippen LogP contribution < -0.4 is 0 Å². The van der Waals surface area contributed by atoms with E-state index in [2.05, 4.69) is 27.0 Å². The van der Waals surface area contributed by atoms with Crippen LogP contribution in [-0.2, 0) is 6.42 Å². The molecule has 0 radical (unpaired) electrons. The Bertz CT molecular complexity index is 329. The standard InChI is InChI=1S/C12H15BrClN/c13-11-6-9(7-15-8-11)5-10-3-1-2-4-12(10)14/h6-8,10,12H,1-5H2. The Labute approximate surface area is 104 Å². The summed E-state index contributed by atoms with van der Waals surface area (Å²) >= 11 is 9.79. The normalized spacial score (nSPS) is 26.5. The minimum absolute atomic E-state index is 0.359. The van der Waals surface area contributed by atoms with Crippen LogP contribution in [0.25, 0.3) is 0 Å². The maximum Gasteiger partial charge on any atom is 0.0410 e. The lowest BCUT2D eigenvalue weighted by atomic mass is 9.85. The first-order valence-corrected chi connectivity index (χ1v) is 6.72. The highest BCUT2D eigenvalue weighted by atomic mass is 79.9. The zero-order valence-electron chi connectivity index (χ0n) is 8.63. The van der Waals surface area contributed by atoms with Crippen LogP contribution in [0.3, 0.4) is 0 Å². The summed E-state index contributed by atoms with van der Waals surface area (Å²) in [5.41, 5.74) is 1.29. The van der Waals surface area contributed by atoms with Gasteiger partial charge in [-0.05, 0) is 52.7 Å². The summed E-state index contributed by atoms with van der Waals surface area (Å²) < 4.78 is 1.06. The molecule has 1 aromatic rings. The van der Waals surface area contributed by atoms with E-state index in [9.17, 15) is 0 Å². The Morgan fingerprint density at radius 2 is 2.13 bits per heavy atom. The Morgan fingerprint density at radius 3 is 2.87 bits per heavy atom. The number of alkyl halides is 1. The fraction of sp³-hybridized carbons (Fsp3) is 0.583. The molecule has 1 heterocycles. The molecule has 3 heteroatoms. The minimum atomic E-state index is 0.359. The topological polar surface area (TPSA) is 12.9 Å². The molecule has 2 rings (SSSR count). The number of rotatable bonds is 2. The van der Waals surface area contributed by atoms with E-state index in [4.69, 9.17) is 11.6 Å². The predicted octanol–water partition coefficient (Wildman–Crippen LogP) is 4.18. The summed E-state index contributed by atoms with van der Waals surface area (Å²) in [5.74, 6) is 0.636. The van der Waals surface area contributed by atoms with E-state index in [0.717, 1.165) is 10.9 Å². The lowest BCUT2D eigenvalue weighted by Crippen LogP contribution is -2.21. The van der Waals surface area contributed by atoms with Crippen molar-refractivity contribution in [2.45, 2.75) is 37.5 Å². The molecular formula is C12H15BrClN. The molecule has 82 valence electrons. The van der Waals surface area contributed by atoms with Gasteiger partial charge in [0, 0.05) is 22.2 Å². The number of pyridine rings is 1. The molecule has 0 bridgehead atoms. The summed E-state index contributed by atoms with van der Waals surface area (Å²) in [5, 5.41) is 0.359. The van der Waals surface area contributed by atoms with Crippen molar-refractivity contribution in [3.05, 3.63) is 28.5 Å². The van der Waals surface area contributed by atoms with E-state index >= 15 is 0 Å². The second-order valence-corrected chi connectivity index (χ2v) is 5.75. The molecule has 0 aromatic carbocycles. The average molecular weight is 289 g/mol. The van der Waals surface area contributed by atoms with Gasteiger partial charge in [0.2, 0.25) is 0 Å². The van der Waals surface area contributed by atoms with Gasteiger partial charge in [-0.3, -0.25) is 4.98 Å². The van der Waals surface area contributed by atoms with Crippen molar-refractivity contribution in [2.24, 2.45) is 5.92 Å². The van der Waals surface area contributed by atoms with Crippen LogP contribution in [0.1, 0.15) is 31.2 Å². The lowest BCUT2D eigenvalue weighted by molar-refractivity contribution is 0.363. The van der Waals surface area contributed by atoms with E-state index in [1.165, 1.54) is 31.2 Å². The van der Waals surface area contributed by atoms with Gasteiger partial charge in [0.05, 0.1) is 0 Å². The molecule has 0 N–H and O–H groups in total. The van der Waals surface area contributed by atoms with Crippen molar-refractivity contribution in [1.29, 1.82) is 0 Å². The van der Waals surface area contributed by atoms with E-state index < -0.39 is 0 Å². The molecule has 15 heavy (non-hydrogen) atoms. The Hall–Kier alpha value is -0.0800. The first kappa shape index (κ1) is 11.4. The summed E-state index contributed by atoms with van der Waals surface area (Å²) in [6.45, 7) is 0. The largest absolute Gasteiger partial charge is 0.263 e. The molecular weight excluding hydrogens is 273 g/mol. The van der Waals surface area contributed by atoms with E-state index in [-0.39, 0.29) is 0 Å². The van der Waals surface area contributed by atoms with Gasteiger partial charge in [0.25, 0.3) is 0 Å². The van der Waals surface area contributed by atoms with Crippen LogP contribution >= 0.6 is 27.5 Å². The van der Waals surface area contributed by atoms with E-state index in [1.807, 2.05) is 12.4 Å².